The standard InChI is InChI=1S/C22H24N4O2/c1-25-19-13-16(10-11-18(19)15-24-25)14-23-22(28)21(17-7-3-2-4-8-17)26-12-6-5-9-20(26)27/h2-4,7-8,10-11,13,15,21H,5-6,9,12,14H2,1H3,(H,23,28). The zero-order valence-corrected chi connectivity index (χ0v) is 16.0. The number of aromatic nitrogens is 2. The van der Waals surface area contributed by atoms with E-state index in [1.165, 1.54) is 0 Å². The van der Waals surface area contributed by atoms with Crippen LogP contribution in [-0.2, 0) is 23.2 Å². The third kappa shape index (κ3) is 3.63. The molecule has 4 rings (SSSR count). The number of likely N-dealkylation sites (tertiary alicyclic amines) is 1. The van der Waals surface area contributed by atoms with Crippen LogP contribution < -0.4 is 5.32 Å². The van der Waals surface area contributed by atoms with Crippen molar-refractivity contribution < 1.29 is 9.59 Å². The zero-order chi connectivity index (χ0) is 19.5. The van der Waals surface area contributed by atoms with Crippen molar-refractivity contribution in [1.82, 2.24) is 20.0 Å². The summed E-state index contributed by atoms with van der Waals surface area (Å²) in [5.74, 6) is -0.0990. The van der Waals surface area contributed by atoms with Crippen LogP contribution in [0.5, 0.6) is 0 Å². The molecule has 2 amide bonds. The molecule has 0 saturated carbocycles. The van der Waals surface area contributed by atoms with Crippen molar-refractivity contribution in [3.8, 4) is 0 Å². The molecule has 28 heavy (non-hydrogen) atoms. The Kier molecular flexibility index (Phi) is 5.10. The predicted molar refractivity (Wildman–Crippen MR) is 107 cm³/mol. The molecule has 2 heterocycles. The molecular formula is C22H24N4O2. The van der Waals surface area contributed by atoms with Crippen molar-refractivity contribution in [2.45, 2.75) is 31.8 Å². The van der Waals surface area contributed by atoms with Gasteiger partial charge in [-0.2, -0.15) is 5.10 Å². The SMILES string of the molecule is Cn1ncc2ccc(CNC(=O)C(c3ccccc3)N3CCCCC3=O)cc21. The number of piperidine rings is 1. The van der Waals surface area contributed by atoms with E-state index in [0.717, 1.165) is 34.9 Å². The number of carbonyl (C=O) groups excluding carboxylic acids is 2. The maximum Gasteiger partial charge on any atom is 0.247 e. The van der Waals surface area contributed by atoms with E-state index in [2.05, 4.69) is 10.4 Å². The number of nitrogens with zero attached hydrogens (tertiary/aromatic N) is 3. The Labute approximate surface area is 164 Å². The average molecular weight is 376 g/mol. The van der Waals surface area contributed by atoms with E-state index in [1.807, 2.05) is 66.5 Å². The van der Waals surface area contributed by atoms with Crippen LogP contribution in [0.2, 0.25) is 0 Å². The number of nitrogens with one attached hydrogen (secondary N) is 1. The highest BCUT2D eigenvalue weighted by Gasteiger charge is 2.32. The Morgan fingerprint density at radius 1 is 1.18 bits per heavy atom. The van der Waals surface area contributed by atoms with Gasteiger partial charge in [0.1, 0.15) is 6.04 Å². The molecular weight excluding hydrogens is 352 g/mol. The minimum Gasteiger partial charge on any atom is -0.350 e. The lowest BCUT2D eigenvalue weighted by Gasteiger charge is -2.34. The number of carbonyl (C=O) groups is 2. The number of fused-ring (bicyclic) bond motifs is 1. The molecule has 0 bridgehead atoms. The number of hydrogen-bond donors (Lipinski definition) is 1. The lowest BCUT2D eigenvalue weighted by Crippen LogP contribution is -2.45. The van der Waals surface area contributed by atoms with E-state index in [1.54, 1.807) is 4.90 Å². The van der Waals surface area contributed by atoms with Gasteiger partial charge in [0.05, 0.1) is 11.7 Å². The van der Waals surface area contributed by atoms with E-state index in [0.29, 0.717) is 19.5 Å². The first-order valence-corrected chi connectivity index (χ1v) is 9.66. The van der Waals surface area contributed by atoms with Gasteiger partial charge >= 0.3 is 0 Å². The highest BCUT2D eigenvalue weighted by molar-refractivity contribution is 5.89. The van der Waals surface area contributed by atoms with E-state index in [9.17, 15) is 9.59 Å². The van der Waals surface area contributed by atoms with Gasteiger partial charge in [-0.15, -0.1) is 0 Å². The summed E-state index contributed by atoms with van der Waals surface area (Å²) < 4.78 is 1.82. The third-order valence-electron chi connectivity index (χ3n) is 5.32. The van der Waals surface area contributed by atoms with Gasteiger partial charge in [-0.25, -0.2) is 0 Å². The lowest BCUT2D eigenvalue weighted by atomic mass is 10.0. The van der Waals surface area contributed by atoms with Gasteiger partial charge in [0, 0.05) is 31.9 Å². The fraction of sp³-hybridized carbons (Fsp3) is 0.318. The van der Waals surface area contributed by atoms with Gasteiger partial charge in [0.2, 0.25) is 11.8 Å². The molecule has 0 radical (unpaired) electrons. The second-order valence-corrected chi connectivity index (χ2v) is 7.24. The molecule has 1 atom stereocenters. The Balaban J connectivity index is 1.54. The number of benzene rings is 2. The first-order valence-electron chi connectivity index (χ1n) is 9.66. The third-order valence-corrected chi connectivity index (χ3v) is 5.32. The quantitative estimate of drug-likeness (QED) is 0.744. The van der Waals surface area contributed by atoms with Gasteiger partial charge in [-0.05, 0) is 30.0 Å². The summed E-state index contributed by atoms with van der Waals surface area (Å²) in [6.45, 7) is 1.03. The van der Waals surface area contributed by atoms with Gasteiger partial charge < -0.3 is 10.2 Å². The van der Waals surface area contributed by atoms with Crippen molar-refractivity contribution in [3.05, 3.63) is 65.9 Å². The van der Waals surface area contributed by atoms with E-state index >= 15 is 0 Å². The fourth-order valence-corrected chi connectivity index (χ4v) is 3.79. The minimum absolute atomic E-state index is 0.0477. The smallest absolute Gasteiger partial charge is 0.247 e. The van der Waals surface area contributed by atoms with Gasteiger partial charge in [0.15, 0.2) is 0 Å². The Bertz CT molecular complexity index is 996. The molecule has 1 unspecified atom stereocenters. The first kappa shape index (κ1) is 18.2. The van der Waals surface area contributed by atoms with Crippen molar-refractivity contribution in [2.24, 2.45) is 7.05 Å². The highest BCUT2D eigenvalue weighted by atomic mass is 16.2. The summed E-state index contributed by atoms with van der Waals surface area (Å²) in [6.07, 6.45) is 4.15. The Hall–Kier alpha value is -3.15. The largest absolute Gasteiger partial charge is 0.350 e. The van der Waals surface area contributed by atoms with E-state index < -0.39 is 6.04 Å². The van der Waals surface area contributed by atoms with Crippen LogP contribution in [0.1, 0.15) is 36.4 Å². The molecule has 6 heteroatoms. The van der Waals surface area contributed by atoms with Crippen molar-refractivity contribution in [1.29, 1.82) is 0 Å². The van der Waals surface area contributed by atoms with Gasteiger partial charge in [-0.1, -0.05) is 42.5 Å². The second kappa shape index (κ2) is 7.84. The number of hydrogen-bond acceptors (Lipinski definition) is 3. The molecule has 0 aliphatic carbocycles. The topological polar surface area (TPSA) is 67.2 Å². The average Bonchev–Trinajstić information content (AvgIpc) is 3.09. The fourth-order valence-electron chi connectivity index (χ4n) is 3.79. The molecule has 144 valence electrons. The van der Waals surface area contributed by atoms with Crippen LogP contribution in [0.15, 0.2) is 54.7 Å². The van der Waals surface area contributed by atoms with Crippen LogP contribution in [0.3, 0.4) is 0 Å². The van der Waals surface area contributed by atoms with Crippen molar-refractivity contribution >= 4 is 22.7 Å². The molecule has 6 nitrogen and oxygen atoms in total. The molecule has 1 saturated heterocycles. The molecule has 1 aromatic heterocycles. The normalized spacial score (nSPS) is 15.6. The molecule has 1 fully saturated rings. The van der Waals surface area contributed by atoms with Crippen molar-refractivity contribution in [3.63, 3.8) is 0 Å². The second-order valence-electron chi connectivity index (χ2n) is 7.24. The molecule has 1 aliphatic rings. The van der Waals surface area contributed by atoms with Crippen LogP contribution >= 0.6 is 0 Å². The molecule has 3 aromatic rings. The lowest BCUT2D eigenvalue weighted by molar-refractivity contribution is -0.142. The first-order chi connectivity index (χ1) is 13.6. The van der Waals surface area contributed by atoms with Crippen LogP contribution in [0, 0.1) is 0 Å². The molecule has 1 N–H and O–H groups in total. The zero-order valence-electron chi connectivity index (χ0n) is 16.0. The van der Waals surface area contributed by atoms with Crippen molar-refractivity contribution in [2.75, 3.05) is 6.54 Å². The van der Waals surface area contributed by atoms with Crippen LogP contribution in [-0.4, -0.2) is 33.0 Å². The highest BCUT2D eigenvalue weighted by Crippen LogP contribution is 2.26. The summed E-state index contributed by atoms with van der Waals surface area (Å²) in [7, 11) is 1.90. The summed E-state index contributed by atoms with van der Waals surface area (Å²) in [5.41, 5.74) is 2.87. The summed E-state index contributed by atoms with van der Waals surface area (Å²) in [6, 6.07) is 15.0. The van der Waals surface area contributed by atoms with Gasteiger partial charge in [-0.3, -0.25) is 14.3 Å². The maximum absolute atomic E-state index is 13.1. The molecule has 2 aromatic carbocycles. The summed E-state index contributed by atoms with van der Waals surface area (Å²) in [5, 5.41) is 8.35. The monoisotopic (exact) mass is 376 g/mol. The Morgan fingerprint density at radius 2 is 2.00 bits per heavy atom. The molecule has 1 aliphatic heterocycles. The summed E-state index contributed by atoms with van der Waals surface area (Å²) in [4.78, 5) is 27.3. The predicted octanol–water partition coefficient (Wildman–Crippen LogP) is 2.94. The van der Waals surface area contributed by atoms with Crippen LogP contribution in [0.25, 0.3) is 10.9 Å². The number of amides is 2. The van der Waals surface area contributed by atoms with Crippen LogP contribution in [0.4, 0.5) is 0 Å². The minimum atomic E-state index is -0.588. The number of rotatable bonds is 5. The Morgan fingerprint density at radius 3 is 2.79 bits per heavy atom. The number of aryl methyl sites for hydroxylation is 1. The van der Waals surface area contributed by atoms with Gasteiger partial charge in [0.25, 0.3) is 0 Å². The van der Waals surface area contributed by atoms with E-state index in [-0.39, 0.29) is 11.8 Å². The summed E-state index contributed by atoms with van der Waals surface area (Å²) >= 11 is 0. The molecule has 0 spiro atoms. The van der Waals surface area contributed by atoms with E-state index in [4.69, 9.17) is 0 Å². The maximum atomic E-state index is 13.1.